The number of nitrogens with one attached hydrogen (secondary N) is 1. The van der Waals surface area contributed by atoms with Gasteiger partial charge in [0.2, 0.25) is 0 Å². The number of amides is 1. The molecule has 1 heterocycles. The van der Waals surface area contributed by atoms with Crippen LogP contribution in [0.25, 0.3) is 0 Å². The molecule has 0 atom stereocenters. The van der Waals surface area contributed by atoms with Gasteiger partial charge in [0.25, 0.3) is 5.91 Å². The van der Waals surface area contributed by atoms with Gasteiger partial charge in [-0.05, 0) is 68.5 Å². The number of carbonyl (C=O) groups excluding carboxylic acids is 2. The van der Waals surface area contributed by atoms with Crippen LogP contribution in [0.2, 0.25) is 0 Å². The van der Waals surface area contributed by atoms with E-state index in [1.54, 1.807) is 11.8 Å². The first-order valence-corrected chi connectivity index (χ1v) is 11.2. The van der Waals surface area contributed by atoms with Crippen LogP contribution in [0.15, 0.2) is 54.6 Å². The number of benzene rings is 2. The van der Waals surface area contributed by atoms with Gasteiger partial charge >= 0.3 is 5.97 Å². The summed E-state index contributed by atoms with van der Waals surface area (Å²) in [7, 11) is 0. The lowest BCUT2D eigenvalue weighted by Gasteiger charge is -2.24. The van der Waals surface area contributed by atoms with Gasteiger partial charge in [-0.15, -0.1) is 0 Å². The number of esters is 1. The van der Waals surface area contributed by atoms with Gasteiger partial charge in [-0.25, -0.2) is 4.79 Å². The Kier molecular flexibility index (Phi) is 8.30. The quantitative estimate of drug-likeness (QED) is 0.454. The van der Waals surface area contributed by atoms with E-state index in [2.05, 4.69) is 17.1 Å². The molecule has 0 bridgehead atoms. The number of aryl methyl sites for hydroxylation is 2. The molecular weight excluding hydrogens is 416 g/mol. The zero-order chi connectivity index (χ0) is 23.8. The van der Waals surface area contributed by atoms with E-state index < -0.39 is 0 Å². The highest BCUT2D eigenvalue weighted by Gasteiger charge is 2.22. The fourth-order valence-electron chi connectivity index (χ4n) is 3.77. The molecule has 0 aliphatic carbocycles. The van der Waals surface area contributed by atoms with Crippen LogP contribution in [0.3, 0.4) is 0 Å². The van der Waals surface area contributed by atoms with Crippen molar-refractivity contribution in [3.63, 3.8) is 0 Å². The van der Waals surface area contributed by atoms with Gasteiger partial charge in [-0.1, -0.05) is 42.5 Å². The summed E-state index contributed by atoms with van der Waals surface area (Å²) in [5.74, 6) is 0.185. The summed E-state index contributed by atoms with van der Waals surface area (Å²) in [6.45, 7) is 8.74. The second-order valence-electron chi connectivity index (χ2n) is 8.11. The first-order valence-electron chi connectivity index (χ1n) is 11.2. The van der Waals surface area contributed by atoms with Crippen molar-refractivity contribution in [1.29, 1.82) is 0 Å². The van der Waals surface area contributed by atoms with E-state index in [4.69, 9.17) is 9.47 Å². The summed E-state index contributed by atoms with van der Waals surface area (Å²) in [6.07, 6.45) is 0.726. The van der Waals surface area contributed by atoms with Crippen molar-refractivity contribution in [3.05, 3.63) is 88.2 Å². The number of hydrogen-bond acceptors (Lipinski definition) is 4. The van der Waals surface area contributed by atoms with Crippen molar-refractivity contribution >= 4 is 11.9 Å². The Hall–Kier alpha value is -3.54. The van der Waals surface area contributed by atoms with E-state index >= 15 is 0 Å². The second kappa shape index (κ2) is 11.4. The molecule has 0 saturated carbocycles. The molecule has 174 valence electrons. The Morgan fingerprint density at radius 1 is 1.00 bits per heavy atom. The van der Waals surface area contributed by atoms with E-state index in [0.717, 1.165) is 34.4 Å². The number of aromatic amines is 1. The average Bonchev–Trinajstić information content (AvgIpc) is 3.09. The van der Waals surface area contributed by atoms with Crippen molar-refractivity contribution in [3.8, 4) is 5.75 Å². The lowest BCUT2D eigenvalue weighted by Crippen LogP contribution is -2.36. The van der Waals surface area contributed by atoms with Crippen molar-refractivity contribution < 1.29 is 19.1 Å². The number of rotatable bonds is 10. The first-order chi connectivity index (χ1) is 15.9. The first kappa shape index (κ1) is 24.1. The molecule has 0 aliphatic heterocycles. The van der Waals surface area contributed by atoms with E-state index in [-0.39, 0.29) is 18.5 Å². The largest absolute Gasteiger partial charge is 0.484 e. The number of ether oxygens (including phenoxy) is 2. The zero-order valence-electron chi connectivity index (χ0n) is 19.8. The predicted octanol–water partition coefficient (Wildman–Crippen LogP) is 4.77. The van der Waals surface area contributed by atoms with Gasteiger partial charge in [0.05, 0.1) is 6.61 Å². The summed E-state index contributed by atoms with van der Waals surface area (Å²) in [6, 6.07) is 17.7. The standard InChI is InChI=1S/C27H32N2O4/c1-5-32-27(31)26-20(3)24(21(4)28-26)17-29(15-14-22-11-7-6-8-12-22)25(30)18-33-23-13-9-10-19(2)16-23/h6-13,16,28H,5,14-15,17-18H2,1-4H3. The van der Waals surface area contributed by atoms with Crippen LogP contribution < -0.4 is 4.74 Å². The molecule has 0 fully saturated rings. The summed E-state index contributed by atoms with van der Waals surface area (Å²) in [4.78, 5) is 30.4. The summed E-state index contributed by atoms with van der Waals surface area (Å²) < 4.78 is 10.9. The predicted molar refractivity (Wildman–Crippen MR) is 128 cm³/mol. The molecule has 3 aromatic rings. The van der Waals surface area contributed by atoms with Crippen molar-refractivity contribution in [2.24, 2.45) is 0 Å². The average molecular weight is 449 g/mol. The molecule has 0 aliphatic rings. The molecule has 3 rings (SSSR count). The maximum absolute atomic E-state index is 13.2. The van der Waals surface area contributed by atoms with Crippen LogP contribution in [-0.2, 0) is 22.5 Å². The highest BCUT2D eigenvalue weighted by atomic mass is 16.5. The lowest BCUT2D eigenvalue weighted by atomic mass is 10.1. The van der Waals surface area contributed by atoms with Gasteiger partial charge in [0.15, 0.2) is 6.61 Å². The maximum atomic E-state index is 13.2. The Morgan fingerprint density at radius 3 is 2.45 bits per heavy atom. The maximum Gasteiger partial charge on any atom is 0.355 e. The number of aromatic nitrogens is 1. The second-order valence-corrected chi connectivity index (χ2v) is 8.11. The van der Waals surface area contributed by atoms with Crippen LogP contribution in [-0.4, -0.2) is 41.5 Å². The fraction of sp³-hybridized carbons (Fsp3) is 0.333. The molecule has 1 amide bonds. The number of H-pyrrole nitrogens is 1. The summed E-state index contributed by atoms with van der Waals surface area (Å²) >= 11 is 0. The van der Waals surface area contributed by atoms with Crippen molar-refractivity contribution in [2.45, 2.75) is 40.7 Å². The summed E-state index contributed by atoms with van der Waals surface area (Å²) in [5, 5.41) is 0. The molecular formula is C27H32N2O4. The van der Waals surface area contributed by atoms with Gasteiger partial charge < -0.3 is 19.4 Å². The molecule has 2 aromatic carbocycles. The van der Waals surface area contributed by atoms with Gasteiger partial charge in [0, 0.05) is 18.8 Å². The Balaban J connectivity index is 1.78. The minimum Gasteiger partial charge on any atom is -0.484 e. The molecule has 0 unspecified atom stereocenters. The van der Waals surface area contributed by atoms with E-state index in [1.807, 2.05) is 63.2 Å². The monoisotopic (exact) mass is 448 g/mol. The molecule has 0 spiro atoms. The molecule has 6 nitrogen and oxygen atoms in total. The topological polar surface area (TPSA) is 71.6 Å². The van der Waals surface area contributed by atoms with E-state index in [0.29, 0.717) is 31.1 Å². The molecule has 0 saturated heterocycles. The molecule has 1 N–H and O–H groups in total. The van der Waals surface area contributed by atoms with Crippen molar-refractivity contribution in [1.82, 2.24) is 9.88 Å². The SMILES string of the molecule is CCOC(=O)c1[nH]c(C)c(CN(CCc2ccccc2)C(=O)COc2cccc(C)c2)c1C. The van der Waals surface area contributed by atoms with Crippen LogP contribution in [0.4, 0.5) is 0 Å². The minimum absolute atomic E-state index is 0.0501. The third-order valence-electron chi connectivity index (χ3n) is 5.64. The fourth-order valence-corrected chi connectivity index (χ4v) is 3.77. The molecule has 0 radical (unpaired) electrons. The Morgan fingerprint density at radius 2 is 1.76 bits per heavy atom. The Bertz CT molecular complexity index is 1090. The van der Waals surface area contributed by atoms with E-state index in [9.17, 15) is 9.59 Å². The van der Waals surface area contributed by atoms with Crippen LogP contribution in [0.5, 0.6) is 5.75 Å². The van der Waals surface area contributed by atoms with Crippen LogP contribution >= 0.6 is 0 Å². The zero-order valence-corrected chi connectivity index (χ0v) is 19.8. The third-order valence-corrected chi connectivity index (χ3v) is 5.64. The van der Waals surface area contributed by atoms with Gasteiger partial charge in [0.1, 0.15) is 11.4 Å². The van der Waals surface area contributed by atoms with Gasteiger partial charge in [-0.3, -0.25) is 4.79 Å². The summed E-state index contributed by atoms with van der Waals surface area (Å²) in [5.41, 5.74) is 5.26. The van der Waals surface area contributed by atoms with E-state index in [1.165, 1.54) is 0 Å². The number of carbonyl (C=O) groups is 2. The Labute approximate surface area is 195 Å². The molecule has 6 heteroatoms. The molecule has 1 aromatic heterocycles. The van der Waals surface area contributed by atoms with Crippen LogP contribution in [0.1, 0.15) is 45.4 Å². The molecule has 33 heavy (non-hydrogen) atoms. The highest BCUT2D eigenvalue weighted by molar-refractivity contribution is 5.90. The number of hydrogen-bond donors (Lipinski definition) is 1. The smallest absolute Gasteiger partial charge is 0.355 e. The normalized spacial score (nSPS) is 10.7. The van der Waals surface area contributed by atoms with Gasteiger partial charge in [-0.2, -0.15) is 0 Å². The highest BCUT2D eigenvalue weighted by Crippen LogP contribution is 2.21. The van der Waals surface area contributed by atoms with Crippen molar-refractivity contribution in [2.75, 3.05) is 19.8 Å². The minimum atomic E-state index is -0.380. The number of nitrogens with zero attached hydrogens (tertiary/aromatic N) is 1. The third kappa shape index (κ3) is 6.48. The lowest BCUT2D eigenvalue weighted by molar-refractivity contribution is -0.134. The van der Waals surface area contributed by atoms with Crippen LogP contribution in [0, 0.1) is 20.8 Å².